The maximum absolute atomic E-state index is 3.87. The Labute approximate surface area is 344 Å². The lowest BCUT2D eigenvalue weighted by Crippen LogP contribution is -2.12. The highest BCUT2D eigenvalue weighted by atomic mass is 32.1. The zero-order chi connectivity index (χ0) is 39.3. The van der Waals surface area contributed by atoms with E-state index < -0.39 is 0 Å². The van der Waals surface area contributed by atoms with Gasteiger partial charge in [0, 0.05) is 57.0 Å². The number of hydrogen-bond acceptors (Lipinski definition) is 3. The van der Waals surface area contributed by atoms with E-state index in [4.69, 9.17) is 0 Å². The Kier molecular flexibility index (Phi) is 10.7. The van der Waals surface area contributed by atoms with Crippen LogP contribution in [0.4, 0.5) is 34.1 Å². The van der Waals surface area contributed by atoms with Crippen LogP contribution in [-0.4, -0.2) is 23.7 Å². The molecule has 58 heavy (non-hydrogen) atoms. The third-order valence-electron chi connectivity index (χ3n) is 11.2. The van der Waals surface area contributed by atoms with Gasteiger partial charge in [0.25, 0.3) is 0 Å². The molecule has 7 aromatic carbocycles. The van der Waals surface area contributed by atoms with Gasteiger partial charge in [-0.05, 0) is 96.3 Å². The summed E-state index contributed by atoms with van der Waals surface area (Å²) in [5.74, 6) is 0.572. The first-order valence-corrected chi connectivity index (χ1v) is 21.3. The van der Waals surface area contributed by atoms with Gasteiger partial charge in [-0.3, -0.25) is 18.9 Å². The van der Waals surface area contributed by atoms with Gasteiger partial charge in [0.1, 0.15) is 0 Å². The minimum absolute atomic E-state index is 0.572. The van der Waals surface area contributed by atoms with Crippen LogP contribution in [0.2, 0.25) is 0 Å². The lowest BCUT2D eigenvalue weighted by Gasteiger charge is -2.25. The Morgan fingerprint density at radius 3 is 1.17 bits per heavy atom. The number of nitrogens with one attached hydrogen (secondary N) is 4. The van der Waals surface area contributed by atoms with Crippen LogP contribution in [0.15, 0.2) is 170 Å². The molecule has 1 atom stereocenters. The Morgan fingerprint density at radius 1 is 0.466 bits per heavy atom. The van der Waals surface area contributed by atoms with E-state index in [1.54, 1.807) is 0 Å². The monoisotopic (exact) mass is 779 g/mol. The summed E-state index contributed by atoms with van der Waals surface area (Å²) < 4.78 is 7.33. The van der Waals surface area contributed by atoms with Crippen LogP contribution >= 0.6 is 11.7 Å². The Bertz CT molecular complexity index is 2460. The summed E-state index contributed by atoms with van der Waals surface area (Å²) in [6, 6.07) is 60.3. The van der Waals surface area contributed by atoms with Crippen LogP contribution in [0.5, 0.6) is 0 Å². The molecule has 0 amide bonds. The van der Waals surface area contributed by atoms with Gasteiger partial charge in [-0.25, -0.2) is 4.80 Å². The van der Waals surface area contributed by atoms with Crippen molar-refractivity contribution in [2.45, 2.75) is 46.1 Å². The van der Waals surface area contributed by atoms with Gasteiger partial charge < -0.3 is 9.80 Å². The molecule has 0 saturated heterocycles. The smallest absolute Gasteiger partial charge is 0.0914 e. The quantitative estimate of drug-likeness (QED) is 0.0887. The normalized spacial score (nSPS) is 11.9. The Hall–Kier alpha value is -6.64. The second kappa shape index (κ2) is 16.8. The largest absolute Gasteiger partial charge is 0.311 e. The molecule has 0 saturated carbocycles. The molecule has 0 spiro atoms. The summed E-state index contributed by atoms with van der Waals surface area (Å²) in [5, 5.41) is 7.74. The maximum atomic E-state index is 3.87. The van der Waals surface area contributed by atoms with E-state index in [0.717, 1.165) is 91.4 Å². The van der Waals surface area contributed by atoms with Crippen molar-refractivity contribution in [2.24, 2.45) is 5.92 Å². The van der Waals surface area contributed by atoms with Crippen molar-refractivity contribution in [2.75, 3.05) is 9.80 Å². The molecule has 0 bridgehead atoms. The highest BCUT2D eigenvalue weighted by Gasteiger charge is 2.23. The van der Waals surface area contributed by atoms with E-state index in [9.17, 15) is 0 Å². The molecule has 9 rings (SSSR count). The first-order chi connectivity index (χ1) is 28.7. The van der Waals surface area contributed by atoms with E-state index in [1.165, 1.54) is 31.0 Å². The predicted octanol–water partition coefficient (Wildman–Crippen LogP) is 14.8. The summed E-state index contributed by atoms with van der Waals surface area (Å²) in [5.41, 5.74) is 15.5. The SMILES string of the molecule is CCCCC(CC)Cn1[nH]c2c(-c3ccc(N(c4ccccc4)c4ccccc4)cc3)c3[nH]s[nH]c3c(-c3ccc(N(c4ccccc4)c4ccccc4)cc3)c2[nH]1. The lowest BCUT2D eigenvalue weighted by atomic mass is 9.95. The summed E-state index contributed by atoms with van der Waals surface area (Å²) in [6.07, 6.45) is 4.78. The average Bonchev–Trinajstić information content (AvgIpc) is 3.94. The molecule has 0 aliphatic carbocycles. The number of benzene rings is 7. The first-order valence-electron chi connectivity index (χ1n) is 20.4. The minimum Gasteiger partial charge on any atom is -0.311 e. The van der Waals surface area contributed by atoms with Gasteiger partial charge in [-0.1, -0.05) is 130 Å². The van der Waals surface area contributed by atoms with Crippen LogP contribution in [0, 0.1) is 5.92 Å². The van der Waals surface area contributed by atoms with E-state index >= 15 is 0 Å². The second-order valence-corrected chi connectivity index (χ2v) is 15.5. The number of nitrogens with zero attached hydrogens (tertiary/aromatic N) is 3. The molecule has 0 fully saturated rings. The fourth-order valence-electron chi connectivity index (χ4n) is 8.20. The van der Waals surface area contributed by atoms with Crippen molar-refractivity contribution in [1.82, 2.24) is 23.7 Å². The standard InChI is InChI=1S/C50H49N7S/c1-3-5-18-36(4-2)35-55-51-47-45(37-27-31-43(32-28-37)56(39-19-10-6-11-20-39)40-21-12-7-13-22-40)49-50(54-58-53-49)46(48(47)52-55)38-29-33-44(34-30-38)57(41-23-14-8-15-24-41)42-25-16-9-17-26-42/h6-17,19-34,36,51-54H,3-5,18,35H2,1-2H3. The lowest BCUT2D eigenvalue weighted by molar-refractivity contribution is 0.351. The van der Waals surface area contributed by atoms with Crippen molar-refractivity contribution in [3.63, 3.8) is 0 Å². The third kappa shape index (κ3) is 7.35. The molecule has 9 aromatic rings. The van der Waals surface area contributed by atoms with Gasteiger partial charge in [-0.15, -0.1) is 0 Å². The number of hydrogen-bond donors (Lipinski definition) is 4. The maximum Gasteiger partial charge on any atom is 0.0914 e. The second-order valence-electron chi connectivity index (χ2n) is 14.9. The summed E-state index contributed by atoms with van der Waals surface area (Å²) in [7, 11) is 0. The van der Waals surface area contributed by atoms with Gasteiger partial charge >= 0.3 is 0 Å². The molecular weight excluding hydrogens is 731 g/mol. The third-order valence-corrected chi connectivity index (χ3v) is 11.8. The van der Waals surface area contributed by atoms with Crippen molar-refractivity contribution in [3.8, 4) is 22.3 Å². The highest BCUT2D eigenvalue weighted by molar-refractivity contribution is 7.00. The summed E-state index contributed by atoms with van der Waals surface area (Å²) in [6.45, 7) is 5.49. The van der Waals surface area contributed by atoms with Gasteiger partial charge in [-0.2, -0.15) is 0 Å². The molecule has 290 valence electrons. The van der Waals surface area contributed by atoms with Gasteiger partial charge in [0.15, 0.2) is 0 Å². The molecule has 2 heterocycles. The molecule has 1 unspecified atom stereocenters. The van der Waals surface area contributed by atoms with Crippen LogP contribution in [0.3, 0.4) is 0 Å². The molecule has 4 N–H and O–H groups in total. The number of anilines is 6. The van der Waals surface area contributed by atoms with E-state index in [1.807, 2.05) is 0 Å². The number of aromatic nitrogens is 5. The zero-order valence-corrected chi connectivity index (χ0v) is 33.8. The van der Waals surface area contributed by atoms with Crippen molar-refractivity contribution < 1.29 is 0 Å². The molecular formula is C50H49N7S. The fraction of sp³-hybridized carbons (Fsp3) is 0.160. The number of para-hydroxylation sites is 4. The zero-order valence-electron chi connectivity index (χ0n) is 33.0. The predicted molar refractivity (Wildman–Crippen MR) is 246 cm³/mol. The number of aromatic amines is 4. The number of fused-ring (bicyclic) bond motifs is 2. The molecule has 7 nitrogen and oxygen atoms in total. The molecule has 0 aliphatic heterocycles. The van der Waals surface area contributed by atoms with Crippen molar-refractivity contribution in [3.05, 3.63) is 170 Å². The molecule has 2 aromatic heterocycles. The van der Waals surface area contributed by atoms with Crippen LogP contribution in [0.1, 0.15) is 39.5 Å². The summed E-state index contributed by atoms with van der Waals surface area (Å²) >= 11 is 1.52. The number of H-pyrrole nitrogens is 4. The highest BCUT2D eigenvalue weighted by Crippen LogP contribution is 2.44. The number of unbranched alkanes of at least 4 members (excludes halogenated alkanes) is 1. The van der Waals surface area contributed by atoms with Crippen molar-refractivity contribution in [1.29, 1.82) is 0 Å². The minimum atomic E-state index is 0.572. The average molecular weight is 780 g/mol. The van der Waals surface area contributed by atoms with Gasteiger partial charge in [0.2, 0.25) is 0 Å². The van der Waals surface area contributed by atoms with E-state index in [2.05, 4.69) is 217 Å². The molecule has 0 radical (unpaired) electrons. The first kappa shape index (κ1) is 37.0. The molecule has 0 aliphatic rings. The van der Waals surface area contributed by atoms with E-state index in [0.29, 0.717) is 5.92 Å². The Balaban J connectivity index is 1.17. The number of rotatable bonds is 14. The summed E-state index contributed by atoms with van der Waals surface area (Å²) in [4.78, 5) is 6.83. The van der Waals surface area contributed by atoms with Crippen molar-refractivity contribution >= 4 is 67.9 Å². The van der Waals surface area contributed by atoms with Gasteiger partial charge in [0.05, 0.1) is 28.6 Å². The fourth-order valence-corrected chi connectivity index (χ4v) is 8.87. The van der Waals surface area contributed by atoms with Crippen LogP contribution < -0.4 is 9.80 Å². The van der Waals surface area contributed by atoms with E-state index in [-0.39, 0.29) is 0 Å². The van der Waals surface area contributed by atoms with Crippen LogP contribution in [0.25, 0.3) is 44.3 Å². The molecule has 8 heteroatoms. The Morgan fingerprint density at radius 2 is 0.828 bits per heavy atom. The van der Waals surface area contributed by atoms with Crippen LogP contribution in [-0.2, 0) is 6.54 Å². The topological polar surface area (TPSA) is 74.6 Å².